The molecule has 0 aliphatic carbocycles. The lowest BCUT2D eigenvalue weighted by molar-refractivity contribution is 0.00458. The number of alkyl halides is 2. The van der Waals surface area contributed by atoms with Gasteiger partial charge < -0.3 is 14.5 Å². The molecule has 0 aliphatic heterocycles. The van der Waals surface area contributed by atoms with E-state index in [4.69, 9.17) is 9.15 Å². The molecular formula is C16H21F2NO2. The molecule has 116 valence electrons. The van der Waals surface area contributed by atoms with Crippen molar-refractivity contribution in [3.63, 3.8) is 0 Å². The predicted molar refractivity (Wildman–Crippen MR) is 78.5 cm³/mol. The van der Waals surface area contributed by atoms with Crippen molar-refractivity contribution >= 4 is 11.0 Å². The van der Waals surface area contributed by atoms with Crippen molar-refractivity contribution in [1.82, 2.24) is 5.32 Å². The van der Waals surface area contributed by atoms with Gasteiger partial charge in [0.15, 0.2) is 0 Å². The number of para-hydroxylation sites is 1. The summed E-state index contributed by atoms with van der Waals surface area (Å²) >= 11 is 0. The zero-order chi connectivity index (χ0) is 15.5. The summed E-state index contributed by atoms with van der Waals surface area (Å²) in [4.78, 5) is 0. The van der Waals surface area contributed by atoms with E-state index >= 15 is 0 Å². The molecule has 1 N–H and O–H groups in total. The van der Waals surface area contributed by atoms with E-state index < -0.39 is 13.0 Å². The molecule has 3 nitrogen and oxygen atoms in total. The zero-order valence-corrected chi connectivity index (χ0v) is 12.6. The van der Waals surface area contributed by atoms with Gasteiger partial charge >= 0.3 is 0 Å². The first kappa shape index (κ1) is 15.9. The first-order valence-corrected chi connectivity index (χ1v) is 6.97. The summed E-state index contributed by atoms with van der Waals surface area (Å²) in [5, 5.41) is 4.38. The van der Waals surface area contributed by atoms with Crippen LogP contribution < -0.4 is 5.32 Å². The number of hydrogen-bond donors (Lipinski definition) is 1. The van der Waals surface area contributed by atoms with Crippen molar-refractivity contribution in [2.75, 3.05) is 6.61 Å². The van der Waals surface area contributed by atoms with Crippen LogP contribution in [0.4, 0.5) is 8.78 Å². The number of rotatable bonds is 6. The van der Waals surface area contributed by atoms with Gasteiger partial charge in [-0.2, -0.15) is 0 Å². The molecule has 1 aromatic carbocycles. The van der Waals surface area contributed by atoms with E-state index in [0.717, 1.165) is 16.5 Å². The molecule has 0 saturated carbocycles. The van der Waals surface area contributed by atoms with Crippen LogP contribution in [0.2, 0.25) is 0 Å². The number of benzene rings is 1. The molecule has 1 heterocycles. The molecule has 21 heavy (non-hydrogen) atoms. The fraction of sp³-hybridized carbons (Fsp3) is 0.500. The third-order valence-corrected chi connectivity index (χ3v) is 3.05. The van der Waals surface area contributed by atoms with E-state index in [-0.39, 0.29) is 12.1 Å². The molecule has 0 bridgehead atoms. The summed E-state index contributed by atoms with van der Waals surface area (Å²) in [5.74, 6) is 0.605. The first-order valence-electron chi connectivity index (χ1n) is 6.97. The van der Waals surface area contributed by atoms with Gasteiger partial charge in [-0.05, 0) is 26.8 Å². The van der Waals surface area contributed by atoms with E-state index in [0.29, 0.717) is 12.3 Å². The maximum atomic E-state index is 12.2. The van der Waals surface area contributed by atoms with Crippen molar-refractivity contribution < 1.29 is 17.9 Å². The molecule has 5 heteroatoms. The highest BCUT2D eigenvalue weighted by molar-refractivity contribution is 5.82. The van der Waals surface area contributed by atoms with Crippen LogP contribution >= 0.6 is 0 Å². The van der Waals surface area contributed by atoms with Crippen molar-refractivity contribution in [2.45, 2.75) is 45.9 Å². The van der Waals surface area contributed by atoms with Gasteiger partial charge in [-0.15, -0.1) is 0 Å². The molecule has 0 saturated heterocycles. The molecule has 0 radical (unpaired) electrons. The number of ether oxygens (including phenoxy) is 1. The number of furan rings is 1. The quantitative estimate of drug-likeness (QED) is 0.871. The monoisotopic (exact) mass is 297 g/mol. The van der Waals surface area contributed by atoms with Gasteiger partial charge in [-0.1, -0.05) is 18.2 Å². The second-order valence-corrected chi connectivity index (χ2v) is 6.01. The van der Waals surface area contributed by atoms with Crippen LogP contribution in [-0.4, -0.2) is 18.6 Å². The van der Waals surface area contributed by atoms with Crippen molar-refractivity contribution in [3.8, 4) is 0 Å². The second-order valence-electron chi connectivity index (χ2n) is 6.01. The van der Waals surface area contributed by atoms with Crippen molar-refractivity contribution in [3.05, 3.63) is 35.6 Å². The lowest BCUT2D eigenvalue weighted by atomic mass is 10.1. The highest BCUT2D eigenvalue weighted by Crippen LogP contribution is 2.27. The van der Waals surface area contributed by atoms with Gasteiger partial charge in [-0.3, -0.25) is 0 Å². The third-order valence-electron chi connectivity index (χ3n) is 3.05. The smallest absolute Gasteiger partial charge is 0.261 e. The average Bonchev–Trinajstić information content (AvgIpc) is 2.72. The van der Waals surface area contributed by atoms with E-state index in [1.165, 1.54) is 0 Å². The van der Waals surface area contributed by atoms with Gasteiger partial charge in [0.2, 0.25) is 0 Å². The minimum Gasteiger partial charge on any atom is -0.458 e. The first-order chi connectivity index (χ1) is 9.87. The number of fused-ring (bicyclic) bond motifs is 1. The van der Waals surface area contributed by atoms with Gasteiger partial charge in [0.1, 0.15) is 24.6 Å². The van der Waals surface area contributed by atoms with E-state index in [1.54, 1.807) is 0 Å². The maximum absolute atomic E-state index is 12.2. The molecule has 0 fully saturated rings. The number of nitrogens with one attached hydrogen (secondary N) is 1. The molecule has 1 aromatic heterocycles. The highest BCUT2D eigenvalue weighted by atomic mass is 19.3. The molecular weight excluding hydrogens is 276 g/mol. The summed E-state index contributed by atoms with van der Waals surface area (Å²) in [6, 6.07) is 7.65. The Morgan fingerprint density at radius 2 is 1.95 bits per heavy atom. The summed E-state index contributed by atoms with van der Waals surface area (Å²) < 4.78 is 35.1. The minimum absolute atomic E-state index is 0.0422. The van der Waals surface area contributed by atoms with Crippen LogP contribution in [0.1, 0.15) is 32.1 Å². The average molecular weight is 297 g/mol. The lowest BCUT2D eigenvalue weighted by Gasteiger charge is -2.20. The Morgan fingerprint density at radius 3 is 2.62 bits per heavy atom. The molecule has 0 unspecified atom stereocenters. The van der Waals surface area contributed by atoms with Crippen molar-refractivity contribution in [2.24, 2.45) is 0 Å². The topological polar surface area (TPSA) is 34.4 Å². The molecule has 2 aromatic rings. The Bertz CT molecular complexity index is 587. The van der Waals surface area contributed by atoms with Crippen LogP contribution in [0.3, 0.4) is 0 Å². The third kappa shape index (κ3) is 4.51. The standard InChI is InChI=1S/C16H21F2NO2/c1-16(2,3)19-8-12-11-6-4-5-7-13(11)21-14(12)9-20-10-15(17)18/h4-7,15,19H,8-10H2,1-3H3. The Balaban J connectivity index is 2.21. The summed E-state index contributed by atoms with van der Waals surface area (Å²) in [7, 11) is 0. The molecule has 0 aliphatic rings. The normalized spacial score (nSPS) is 12.5. The van der Waals surface area contributed by atoms with E-state index in [9.17, 15) is 8.78 Å². The van der Waals surface area contributed by atoms with Crippen LogP contribution in [0.15, 0.2) is 28.7 Å². The highest BCUT2D eigenvalue weighted by Gasteiger charge is 2.17. The maximum Gasteiger partial charge on any atom is 0.261 e. The Kier molecular flexibility index (Phi) is 4.96. The Labute approximate surface area is 123 Å². The molecule has 0 amide bonds. The largest absolute Gasteiger partial charge is 0.458 e. The predicted octanol–water partition coefficient (Wildman–Crippen LogP) is 4.10. The SMILES string of the molecule is CC(C)(C)NCc1c(COCC(F)F)oc2ccccc12. The van der Waals surface area contributed by atoms with Crippen LogP contribution in [-0.2, 0) is 17.9 Å². The van der Waals surface area contributed by atoms with Gasteiger partial charge in [0.05, 0.1) is 0 Å². The fourth-order valence-corrected chi connectivity index (χ4v) is 2.05. The Hall–Kier alpha value is -1.46. The van der Waals surface area contributed by atoms with Gasteiger partial charge in [0, 0.05) is 23.0 Å². The summed E-state index contributed by atoms with van der Waals surface area (Å²) in [5.41, 5.74) is 1.67. The Morgan fingerprint density at radius 1 is 1.24 bits per heavy atom. The van der Waals surface area contributed by atoms with Crippen LogP contribution in [0, 0.1) is 0 Å². The number of halogens is 2. The number of hydrogen-bond acceptors (Lipinski definition) is 3. The van der Waals surface area contributed by atoms with E-state index in [1.807, 2.05) is 24.3 Å². The fourth-order valence-electron chi connectivity index (χ4n) is 2.05. The lowest BCUT2D eigenvalue weighted by Crippen LogP contribution is -2.35. The van der Waals surface area contributed by atoms with Crippen LogP contribution in [0.25, 0.3) is 11.0 Å². The zero-order valence-electron chi connectivity index (χ0n) is 12.6. The minimum atomic E-state index is -2.47. The second kappa shape index (κ2) is 6.54. The summed E-state index contributed by atoms with van der Waals surface area (Å²) in [6.07, 6.45) is -2.47. The van der Waals surface area contributed by atoms with Crippen molar-refractivity contribution in [1.29, 1.82) is 0 Å². The molecule has 2 rings (SSSR count). The van der Waals surface area contributed by atoms with Crippen LogP contribution in [0.5, 0.6) is 0 Å². The molecule has 0 atom stereocenters. The summed E-state index contributed by atoms with van der Waals surface area (Å²) in [6.45, 7) is 6.30. The van der Waals surface area contributed by atoms with Gasteiger partial charge in [0.25, 0.3) is 6.43 Å². The van der Waals surface area contributed by atoms with Gasteiger partial charge in [-0.25, -0.2) is 8.78 Å². The van der Waals surface area contributed by atoms with E-state index in [2.05, 4.69) is 26.1 Å². The molecule has 0 spiro atoms.